The Morgan fingerprint density at radius 3 is 2.00 bits per heavy atom. The molecule has 4 unspecified atom stereocenters. The highest BCUT2D eigenvalue weighted by Crippen LogP contribution is 2.47. The molecule has 10 atom stereocenters. The van der Waals surface area contributed by atoms with Crippen molar-refractivity contribution < 1.29 is 73.6 Å². The molecule has 1 aromatic heterocycles. The third-order valence-corrected chi connectivity index (χ3v) is 7.48. The van der Waals surface area contributed by atoms with E-state index in [0.717, 1.165) is 17.2 Å². The van der Waals surface area contributed by atoms with Crippen LogP contribution in [0.1, 0.15) is 6.23 Å². The molecule has 0 spiro atoms. The Hall–Kier alpha value is -1.87. The maximum atomic E-state index is 11.4. The standard InChI is InChI=1S/C15H25N5O15P2/c21-3-19-10-11(16-1-17-12-6(24)4(22)8(34-12)14(26)36(28,29)30)20(2-18-10)13-7(25)5(23)9(35-13)15(27)37(31,32)33/h1-9,12-15,22-27H,(H,16,17)(H,19,21)(H2,28,29,30)(H2,31,32,33)/t4-,5-,6+,7+,8-,9-,12?,13?,14?,15?/m0/s1. The number of ether oxygens (including phenoxy) is 2. The SMILES string of the molecule is O=CNc1ncn(C2O[C@H](C(O)P(=O)(O)O)[C@@H](O)[C@H]2O)c1NC=NC1O[C@H](C(O)P(=O)(O)O)[C@@H](O)[C@H]1O. The highest BCUT2D eigenvalue weighted by Gasteiger charge is 2.52. The van der Waals surface area contributed by atoms with Crippen molar-refractivity contribution >= 4 is 39.6 Å². The van der Waals surface area contributed by atoms with Gasteiger partial charge in [-0.05, 0) is 0 Å². The number of carbonyl (C=O) groups excluding carboxylic acids is 1. The Morgan fingerprint density at radius 2 is 1.46 bits per heavy atom. The number of rotatable bonds is 10. The van der Waals surface area contributed by atoms with Crippen LogP contribution >= 0.6 is 15.2 Å². The average Bonchev–Trinajstić information content (AvgIpc) is 3.42. The van der Waals surface area contributed by atoms with Gasteiger partial charge in [-0.25, -0.2) is 9.98 Å². The Bertz CT molecular complexity index is 1090. The highest BCUT2D eigenvalue weighted by molar-refractivity contribution is 7.52. The van der Waals surface area contributed by atoms with Crippen LogP contribution in [-0.2, 0) is 23.4 Å². The second-order valence-electron chi connectivity index (χ2n) is 7.98. The zero-order valence-electron chi connectivity index (χ0n) is 18.3. The first kappa shape index (κ1) is 29.7. The lowest BCUT2D eigenvalue weighted by Gasteiger charge is -2.21. The molecule has 0 saturated carbocycles. The number of aliphatic hydroxyl groups is 6. The molecule has 12 N–H and O–H groups in total. The van der Waals surface area contributed by atoms with Gasteiger partial charge in [0, 0.05) is 0 Å². The number of nitrogens with zero attached hydrogens (tertiary/aromatic N) is 3. The predicted molar refractivity (Wildman–Crippen MR) is 117 cm³/mol. The van der Waals surface area contributed by atoms with E-state index < -0.39 is 76.0 Å². The number of amides is 1. The molecular formula is C15H25N5O15P2. The number of aliphatic imine (C=N–C) groups is 1. The van der Waals surface area contributed by atoms with Crippen molar-refractivity contribution in [1.29, 1.82) is 0 Å². The van der Waals surface area contributed by atoms with E-state index in [1.165, 1.54) is 0 Å². The second-order valence-corrected chi connectivity index (χ2v) is 11.4. The molecule has 37 heavy (non-hydrogen) atoms. The maximum absolute atomic E-state index is 11.4. The first-order valence-corrected chi connectivity index (χ1v) is 13.5. The van der Waals surface area contributed by atoms with Crippen LogP contribution in [0.2, 0.25) is 0 Å². The largest absolute Gasteiger partial charge is 0.387 e. The number of carbonyl (C=O) groups is 1. The summed E-state index contributed by atoms with van der Waals surface area (Å²) in [5, 5.41) is 64.7. The van der Waals surface area contributed by atoms with Gasteiger partial charge < -0.3 is 70.3 Å². The van der Waals surface area contributed by atoms with E-state index in [1.807, 2.05) is 0 Å². The van der Waals surface area contributed by atoms with Gasteiger partial charge in [-0.15, -0.1) is 0 Å². The molecule has 3 rings (SSSR count). The third-order valence-electron chi connectivity index (χ3n) is 5.51. The Kier molecular flexibility index (Phi) is 8.89. The number of nitrogens with one attached hydrogen (secondary N) is 2. The quantitative estimate of drug-likeness (QED) is 0.0535. The van der Waals surface area contributed by atoms with E-state index >= 15 is 0 Å². The van der Waals surface area contributed by atoms with Gasteiger partial charge in [0.2, 0.25) is 6.41 Å². The fourth-order valence-electron chi connectivity index (χ4n) is 3.63. The number of anilines is 2. The number of hydrogen-bond donors (Lipinski definition) is 12. The van der Waals surface area contributed by atoms with Crippen molar-refractivity contribution in [3.8, 4) is 0 Å². The van der Waals surface area contributed by atoms with Gasteiger partial charge in [0.25, 0.3) is 0 Å². The normalized spacial score (nSPS) is 34.5. The van der Waals surface area contributed by atoms with Gasteiger partial charge in [0.15, 0.2) is 35.8 Å². The third kappa shape index (κ3) is 6.08. The molecule has 1 amide bonds. The zero-order valence-corrected chi connectivity index (χ0v) is 20.0. The summed E-state index contributed by atoms with van der Waals surface area (Å²) >= 11 is 0. The van der Waals surface area contributed by atoms with Gasteiger partial charge in [-0.2, -0.15) is 0 Å². The monoisotopic (exact) mass is 577 g/mol. The Morgan fingerprint density at radius 1 is 0.919 bits per heavy atom. The topological polar surface area (TPSA) is 326 Å². The van der Waals surface area contributed by atoms with Crippen molar-refractivity contribution in [3.63, 3.8) is 0 Å². The fraction of sp³-hybridized carbons (Fsp3) is 0.667. The summed E-state index contributed by atoms with van der Waals surface area (Å²) in [5.41, 5.74) is 0. The van der Waals surface area contributed by atoms with Crippen LogP contribution in [0.15, 0.2) is 11.3 Å². The second kappa shape index (κ2) is 11.1. The predicted octanol–water partition coefficient (Wildman–Crippen LogP) is -5.05. The number of aromatic nitrogens is 2. The van der Waals surface area contributed by atoms with E-state index in [2.05, 4.69) is 20.6 Å². The average molecular weight is 577 g/mol. The molecule has 0 radical (unpaired) electrons. The van der Waals surface area contributed by atoms with Crippen LogP contribution in [0.5, 0.6) is 0 Å². The number of hydrogen-bond acceptors (Lipinski definition) is 13. The minimum atomic E-state index is -5.15. The minimum absolute atomic E-state index is 0.210. The van der Waals surface area contributed by atoms with Gasteiger partial charge in [-0.1, -0.05) is 0 Å². The van der Waals surface area contributed by atoms with Crippen LogP contribution in [0.4, 0.5) is 11.6 Å². The molecule has 3 heterocycles. The minimum Gasteiger partial charge on any atom is -0.387 e. The Balaban J connectivity index is 1.81. The van der Waals surface area contributed by atoms with Gasteiger partial charge in [0.05, 0.1) is 6.34 Å². The number of imidazole rings is 1. The molecule has 0 bridgehead atoms. The van der Waals surface area contributed by atoms with Gasteiger partial charge >= 0.3 is 15.2 Å². The molecule has 1 aromatic rings. The van der Waals surface area contributed by atoms with Crippen LogP contribution in [0, 0.1) is 0 Å². The van der Waals surface area contributed by atoms with Gasteiger partial charge in [-0.3, -0.25) is 18.5 Å². The summed E-state index contributed by atoms with van der Waals surface area (Å²) in [6.07, 6.45) is -12.6. The molecule has 2 fully saturated rings. The van der Waals surface area contributed by atoms with E-state index in [0.29, 0.717) is 0 Å². The molecule has 2 aliphatic heterocycles. The molecule has 0 aromatic carbocycles. The van der Waals surface area contributed by atoms with Crippen LogP contribution < -0.4 is 10.6 Å². The first-order chi connectivity index (χ1) is 17.1. The van der Waals surface area contributed by atoms with Crippen LogP contribution in [0.25, 0.3) is 0 Å². The molecule has 0 aliphatic carbocycles. The zero-order chi connectivity index (χ0) is 27.9. The Labute approximate surface area is 206 Å². The maximum Gasteiger partial charge on any atom is 0.356 e. The van der Waals surface area contributed by atoms with Crippen LogP contribution in [-0.4, -0.2) is 127 Å². The summed E-state index contributed by atoms with van der Waals surface area (Å²) < 4.78 is 33.9. The van der Waals surface area contributed by atoms with Crippen LogP contribution in [0.3, 0.4) is 0 Å². The van der Waals surface area contributed by atoms with Crippen molar-refractivity contribution in [2.75, 3.05) is 10.6 Å². The van der Waals surface area contributed by atoms with E-state index in [4.69, 9.17) is 19.3 Å². The highest BCUT2D eigenvalue weighted by atomic mass is 31.2. The summed E-state index contributed by atoms with van der Waals surface area (Å²) in [6, 6.07) is 0. The molecule has 210 valence electrons. The van der Waals surface area contributed by atoms with Crippen molar-refractivity contribution in [2.45, 2.75) is 60.8 Å². The van der Waals surface area contributed by atoms with Gasteiger partial charge in [0.1, 0.15) is 43.0 Å². The molecule has 22 heteroatoms. The summed E-state index contributed by atoms with van der Waals surface area (Å²) in [6.45, 7) is 0. The van der Waals surface area contributed by atoms with E-state index in [1.54, 1.807) is 0 Å². The van der Waals surface area contributed by atoms with Crippen molar-refractivity contribution in [1.82, 2.24) is 9.55 Å². The lowest BCUT2D eigenvalue weighted by atomic mass is 10.1. The van der Waals surface area contributed by atoms with E-state index in [-0.39, 0.29) is 18.0 Å². The first-order valence-electron chi connectivity index (χ1n) is 10.1. The molecule has 2 saturated heterocycles. The summed E-state index contributed by atoms with van der Waals surface area (Å²) in [7, 11) is -10.3. The van der Waals surface area contributed by atoms with Crippen molar-refractivity contribution in [2.24, 2.45) is 4.99 Å². The summed E-state index contributed by atoms with van der Waals surface area (Å²) in [4.78, 5) is 55.0. The smallest absolute Gasteiger partial charge is 0.356 e. The fourth-order valence-corrected chi connectivity index (χ4v) is 4.89. The molecule has 2 aliphatic rings. The molecule has 20 nitrogen and oxygen atoms in total. The van der Waals surface area contributed by atoms with Crippen molar-refractivity contribution in [3.05, 3.63) is 6.33 Å². The summed E-state index contributed by atoms with van der Waals surface area (Å²) in [5.74, 6) is -5.37. The van der Waals surface area contributed by atoms with E-state index in [9.17, 15) is 54.4 Å². The lowest BCUT2D eigenvalue weighted by molar-refractivity contribution is -0.105. The molecular weight excluding hydrogens is 552 g/mol. The number of aliphatic hydroxyl groups excluding tert-OH is 6. The lowest BCUT2D eigenvalue weighted by Crippen LogP contribution is -2.38.